The Morgan fingerprint density at radius 2 is 2.30 bits per heavy atom. The molecule has 2 nitrogen and oxygen atoms in total. The van der Waals surface area contributed by atoms with Gasteiger partial charge in [-0.25, -0.2) is 0 Å². The maximum atomic E-state index is 5.52. The number of halogens is 1. The van der Waals surface area contributed by atoms with Gasteiger partial charge >= 0.3 is 0 Å². The first-order chi connectivity index (χ1) is 4.27. The molecule has 0 aromatic heterocycles. The van der Waals surface area contributed by atoms with Crippen molar-refractivity contribution in [3.8, 4) is 0 Å². The number of rotatable bonds is 2. The number of likely N-dealkylation sites (N-methyl/N-ethyl adjacent to an activating group) is 1. The summed E-state index contributed by atoms with van der Waals surface area (Å²) in [6, 6.07) is 0. The summed E-state index contributed by atoms with van der Waals surface area (Å²) < 4.78 is 5.52. The quantitative estimate of drug-likeness (QED) is 0.664. The van der Waals surface area contributed by atoms with Crippen molar-refractivity contribution in [2.75, 3.05) is 20.2 Å². The van der Waals surface area contributed by atoms with Crippen molar-refractivity contribution in [3.05, 3.63) is 0 Å². The van der Waals surface area contributed by atoms with Gasteiger partial charge in [0, 0.05) is 13.2 Å². The lowest BCUT2D eigenvalue weighted by molar-refractivity contribution is 0.0224. The van der Waals surface area contributed by atoms with Crippen LogP contribution in [-0.4, -0.2) is 25.8 Å². The minimum Gasteiger partial charge on any atom is -0.374 e. The van der Waals surface area contributed by atoms with Crippen molar-refractivity contribution in [3.63, 3.8) is 0 Å². The van der Waals surface area contributed by atoms with E-state index in [0.29, 0.717) is 0 Å². The van der Waals surface area contributed by atoms with E-state index in [2.05, 4.69) is 12.2 Å². The second kappa shape index (κ2) is 4.16. The van der Waals surface area contributed by atoms with E-state index in [1.165, 1.54) is 12.8 Å². The van der Waals surface area contributed by atoms with E-state index in [-0.39, 0.29) is 18.0 Å². The summed E-state index contributed by atoms with van der Waals surface area (Å²) in [6.07, 6.45) is 2.42. The van der Waals surface area contributed by atoms with Crippen molar-refractivity contribution in [1.29, 1.82) is 0 Å². The molecule has 0 aromatic carbocycles. The van der Waals surface area contributed by atoms with Crippen LogP contribution in [0.4, 0.5) is 0 Å². The zero-order chi connectivity index (χ0) is 6.74. The van der Waals surface area contributed by atoms with Crippen LogP contribution in [0.2, 0.25) is 0 Å². The van der Waals surface area contributed by atoms with Crippen LogP contribution in [0, 0.1) is 0 Å². The monoisotopic (exact) mass is 165 g/mol. The van der Waals surface area contributed by atoms with Gasteiger partial charge in [-0.15, -0.1) is 12.4 Å². The van der Waals surface area contributed by atoms with Crippen molar-refractivity contribution in [1.82, 2.24) is 5.32 Å². The average Bonchev–Trinajstić information content (AvgIpc) is 2.16. The number of nitrogens with one attached hydrogen (secondary N) is 1. The van der Waals surface area contributed by atoms with Gasteiger partial charge in [0.2, 0.25) is 0 Å². The zero-order valence-electron chi connectivity index (χ0n) is 6.64. The Morgan fingerprint density at radius 1 is 1.60 bits per heavy atom. The average molecular weight is 166 g/mol. The zero-order valence-corrected chi connectivity index (χ0v) is 7.46. The molecule has 1 aliphatic rings. The van der Waals surface area contributed by atoms with Crippen molar-refractivity contribution >= 4 is 12.4 Å². The van der Waals surface area contributed by atoms with Crippen LogP contribution in [-0.2, 0) is 4.74 Å². The summed E-state index contributed by atoms with van der Waals surface area (Å²) in [5.41, 5.74) is 0.134. The van der Waals surface area contributed by atoms with Gasteiger partial charge in [0.05, 0.1) is 5.60 Å². The molecule has 0 aromatic rings. The maximum Gasteiger partial charge on any atom is 0.0779 e. The molecule has 0 amide bonds. The second-order valence-corrected chi connectivity index (χ2v) is 2.93. The Morgan fingerprint density at radius 3 is 2.70 bits per heavy atom. The summed E-state index contributed by atoms with van der Waals surface area (Å²) in [5.74, 6) is 0. The highest BCUT2D eigenvalue weighted by Crippen LogP contribution is 2.23. The molecule has 0 aliphatic carbocycles. The molecule has 10 heavy (non-hydrogen) atoms. The van der Waals surface area contributed by atoms with Gasteiger partial charge in [-0.3, -0.25) is 0 Å². The van der Waals surface area contributed by atoms with Crippen LogP contribution >= 0.6 is 12.4 Å². The van der Waals surface area contributed by atoms with Gasteiger partial charge < -0.3 is 10.1 Å². The molecule has 1 unspecified atom stereocenters. The maximum absolute atomic E-state index is 5.52. The molecular weight excluding hydrogens is 150 g/mol. The van der Waals surface area contributed by atoms with Crippen molar-refractivity contribution in [2.45, 2.75) is 25.4 Å². The van der Waals surface area contributed by atoms with Gasteiger partial charge in [-0.2, -0.15) is 0 Å². The molecule has 3 heteroatoms. The van der Waals surface area contributed by atoms with E-state index < -0.39 is 0 Å². The van der Waals surface area contributed by atoms with Gasteiger partial charge in [0.1, 0.15) is 0 Å². The second-order valence-electron chi connectivity index (χ2n) is 2.93. The summed E-state index contributed by atoms with van der Waals surface area (Å²) >= 11 is 0. The third-order valence-electron chi connectivity index (χ3n) is 1.85. The van der Waals surface area contributed by atoms with Crippen LogP contribution in [0.15, 0.2) is 0 Å². The largest absolute Gasteiger partial charge is 0.374 e. The first kappa shape index (κ1) is 10.2. The fourth-order valence-electron chi connectivity index (χ4n) is 1.35. The van der Waals surface area contributed by atoms with E-state index in [9.17, 15) is 0 Å². The first-order valence-corrected chi connectivity index (χ1v) is 3.55. The van der Waals surface area contributed by atoms with Crippen LogP contribution in [0.3, 0.4) is 0 Å². The Kier molecular flexibility index (Phi) is 4.25. The molecule has 0 spiro atoms. The van der Waals surface area contributed by atoms with Gasteiger partial charge in [-0.05, 0) is 26.8 Å². The molecule has 1 N–H and O–H groups in total. The minimum absolute atomic E-state index is 0. The molecule has 0 bridgehead atoms. The highest BCUT2D eigenvalue weighted by molar-refractivity contribution is 5.85. The lowest BCUT2D eigenvalue weighted by Crippen LogP contribution is -2.35. The summed E-state index contributed by atoms with van der Waals surface area (Å²) in [6.45, 7) is 4.08. The van der Waals surface area contributed by atoms with E-state index in [0.717, 1.165) is 13.2 Å². The molecule has 1 atom stereocenters. The van der Waals surface area contributed by atoms with Crippen LogP contribution in [0.25, 0.3) is 0 Å². The van der Waals surface area contributed by atoms with Crippen LogP contribution < -0.4 is 5.32 Å². The standard InChI is InChI=1S/C7H15NO.ClH/c1-7(6-8-2)4-3-5-9-7;/h8H,3-6H2,1-2H3;1H. The predicted octanol–water partition coefficient (Wildman–Crippen LogP) is 1.20. The fraction of sp³-hybridized carbons (Fsp3) is 1.00. The molecule has 1 rings (SSSR count). The van der Waals surface area contributed by atoms with E-state index in [4.69, 9.17) is 4.74 Å². The van der Waals surface area contributed by atoms with Crippen LogP contribution in [0.1, 0.15) is 19.8 Å². The van der Waals surface area contributed by atoms with Crippen LogP contribution in [0.5, 0.6) is 0 Å². The third kappa shape index (κ3) is 2.45. The van der Waals surface area contributed by atoms with E-state index >= 15 is 0 Å². The van der Waals surface area contributed by atoms with Crippen molar-refractivity contribution < 1.29 is 4.74 Å². The lowest BCUT2D eigenvalue weighted by atomic mass is 10.0. The Labute approximate surface area is 68.7 Å². The Bertz CT molecular complexity index is 91.6. The normalized spacial score (nSPS) is 31.8. The SMILES string of the molecule is CNCC1(C)CCCO1.Cl. The lowest BCUT2D eigenvalue weighted by Gasteiger charge is -2.21. The molecule has 1 saturated heterocycles. The van der Waals surface area contributed by atoms with Gasteiger partial charge in [0.25, 0.3) is 0 Å². The van der Waals surface area contributed by atoms with E-state index in [1.807, 2.05) is 7.05 Å². The molecular formula is C7H16ClNO. The molecule has 1 heterocycles. The van der Waals surface area contributed by atoms with Gasteiger partial charge in [0.15, 0.2) is 0 Å². The van der Waals surface area contributed by atoms with Gasteiger partial charge in [-0.1, -0.05) is 0 Å². The first-order valence-electron chi connectivity index (χ1n) is 3.55. The molecule has 0 radical (unpaired) electrons. The Hall–Kier alpha value is 0.210. The molecule has 1 aliphatic heterocycles. The minimum atomic E-state index is 0. The number of hydrogen-bond acceptors (Lipinski definition) is 2. The third-order valence-corrected chi connectivity index (χ3v) is 1.85. The summed E-state index contributed by atoms with van der Waals surface area (Å²) in [7, 11) is 1.97. The number of hydrogen-bond donors (Lipinski definition) is 1. The molecule has 62 valence electrons. The smallest absolute Gasteiger partial charge is 0.0779 e. The fourth-order valence-corrected chi connectivity index (χ4v) is 1.35. The highest BCUT2D eigenvalue weighted by Gasteiger charge is 2.28. The summed E-state index contributed by atoms with van der Waals surface area (Å²) in [5, 5.41) is 3.13. The predicted molar refractivity (Wildman–Crippen MR) is 44.8 cm³/mol. The highest BCUT2D eigenvalue weighted by atomic mass is 35.5. The number of ether oxygens (including phenoxy) is 1. The Balaban J connectivity index is 0.000000810. The topological polar surface area (TPSA) is 21.3 Å². The molecule has 0 saturated carbocycles. The summed E-state index contributed by atoms with van der Waals surface area (Å²) in [4.78, 5) is 0. The molecule has 1 fully saturated rings. The van der Waals surface area contributed by atoms with E-state index in [1.54, 1.807) is 0 Å². The van der Waals surface area contributed by atoms with Crippen molar-refractivity contribution in [2.24, 2.45) is 0 Å².